The normalized spacial score (nSPS) is 23.8. The number of aliphatic hydroxyl groups is 1. The van der Waals surface area contributed by atoms with Gasteiger partial charge < -0.3 is 15.2 Å². The van der Waals surface area contributed by atoms with E-state index in [4.69, 9.17) is 4.74 Å². The molecule has 0 saturated heterocycles. The van der Waals surface area contributed by atoms with Gasteiger partial charge in [-0.25, -0.2) is 0 Å². The van der Waals surface area contributed by atoms with Gasteiger partial charge in [-0.3, -0.25) is 0 Å². The van der Waals surface area contributed by atoms with Gasteiger partial charge in [0.2, 0.25) is 0 Å². The number of benzene rings is 1. The summed E-state index contributed by atoms with van der Waals surface area (Å²) in [4.78, 5) is 0. The van der Waals surface area contributed by atoms with E-state index in [2.05, 4.69) is 28.2 Å². The lowest BCUT2D eigenvalue weighted by atomic mass is 10.2. The lowest BCUT2D eigenvalue weighted by molar-refractivity contribution is 0.105. The van der Waals surface area contributed by atoms with Gasteiger partial charge in [0.15, 0.2) is 0 Å². The molecule has 0 aromatic heterocycles. The summed E-state index contributed by atoms with van der Waals surface area (Å²) in [6.45, 7) is 5.16. The summed E-state index contributed by atoms with van der Waals surface area (Å²) in [5.74, 6) is 1.53. The third-order valence-electron chi connectivity index (χ3n) is 3.24. The van der Waals surface area contributed by atoms with Crippen molar-refractivity contribution >= 4 is 15.9 Å². The molecule has 0 spiro atoms. The van der Waals surface area contributed by atoms with Crippen LogP contribution in [-0.2, 0) is 0 Å². The molecule has 0 radical (unpaired) electrons. The lowest BCUT2D eigenvalue weighted by Gasteiger charge is -2.14. The van der Waals surface area contributed by atoms with Crippen molar-refractivity contribution in [3.8, 4) is 5.75 Å². The molecule has 1 aliphatic rings. The molecule has 2 rings (SSSR count). The monoisotopic (exact) mass is 313 g/mol. The van der Waals surface area contributed by atoms with E-state index in [1.165, 1.54) is 12.0 Å². The molecule has 1 aromatic carbocycles. The number of aliphatic hydroxyl groups excluding tert-OH is 1. The first-order valence-electron chi connectivity index (χ1n) is 6.36. The first-order valence-corrected chi connectivity index (χ1v) is 7.16. The van der Waals surface area contributed by atoms with E-state index in [-0.39, 0.29) is 0 Å². The Balaban J connectivity index is 1.72. The van der Waals surface area contributed by atoms with Crippen molar-refractivity contribution in [3.63, 3.8) is 0 Å². The van der Waals surface area contributed by atoms with Crippen LogP contribution in [0.2, 0.25) is 0 Å². The Morgan fingerprint density at radius 3 is 2.89 bits per heavy atom. The molecular formula is C14H20BrNO2. The van der Waals surface area contributed by atoms with Gasteiger partial charge >= 0.3 is 0 Å². The molecule has 3 atom stereocenters. The molecule has 18 heavy (non-hydrogen) atoms. The molecule has 1 aliphatic carbocycles. The van der Waals surface area contributed by atoms with Gasteiger partial charge in [-0.05, 0) is 52.9 Å². The quantitative estimate of drug-likeness (QED) is 0.848. The van der Waals surface area contributed by atoms with Crippen molar-refractivity contribution in [3.05, 3.63) is 28.2 Å². The SMILES string of the molecule is Cc1ccc(OCC(O)CNC2CC2C)c(Br)c1. The van der Waals surface area contributed by atoms with E-state index < -0.39 is 6.10 Å². The highest BCUT2D eigenvalue weighted by molar-refractivity contribution is 9.10. The topological polar surface area (TPSA) is 41.5 Å². The maximum absolute atomic E-state index is 9.82. The van der Waals surface area contributed by atoms with Crippen LogP contribution in [0.1, 0.15) is 18.9 Å². The Kier molecular flexibility index (Phi) is 4.65. The highest BCUT2D eigenvalue weighted by Crippen LogP contribution is 2.29. The average molecular weight is 314 g/mol. The van der Waals surface area contributed by atoms with Gasteiger partial charge in [-0.15, -0.1) is 0 Å². The molecule has 1 saturated carbocycles. The highest BCUT2D eigenvalue weighted by atomic mass is 79.9. The summed E-state index contributed by atoms with van der Waals surface area (Å²) in [5, 5.41) is 13.1. The molecule has 4 heteroatoms. The van der Waals surface area contributed by atoms with Crippen molar-refractivity contribution in [1.29, 1.82) is 0 Å². The van der Waals surface area contributed by atoms with Crippen LogP contribution >= 0.6 is 15.9 Å². The van der Waals surface area contributed by atoms with Crippen molar-refractivity contribution in [2.24, 2.45) is 5.92 Å². The third kappa shape index (κ3) is 3.97. The van der Waals surface area contributed by atoms with Gasteiger partial charge in [0.1, 0.15) is 18.5 Å². The Morgan fingerprint density at radius 2 is 2.28 bits per heavy atom. The molecular weight excluding hydrogens is 294 g/mol. The van der Waals surface area contributed by atoms with Gasteiger partial charge in [-0.1, -0.05) is 13.0 Å². The van der Waals surface area contributed by atoms with E-state index in [1.807, 2.05) is 25.1 Å². The van der Waals surface area contributed by atoms with Crippen molar-refractivity contribution < 1.29 is 9.84 Å². The Labute approximate surface area is 117 Å². The Hall–Kier alpha value is -0.580. The van der Waals surface area contributed by atoms with E-state index in [0.29, 0.717) is 19.2 Å². The first-order chi connectivity index (χ1) is 8.56. The van der Waals surface area contributed by atoms with Crippen LogP contribution in [0.3, 0.4) is 0 Å². The van der Waals surface area contributed by atoms with E-state index >= 15 is 0 Å². The van der Waals surface area contributed by atoms with Crippen molar-refractivity contribution in [2.75, 3.05) is 13.2 Å². The average Bonchev–Trinajstić information content (AvgIpc) is 3.01. The molecule has 100 valence electrons. The maximum atomic E-state index is 9.82. The van der Waals surface area contributed by atoms with E-state index in [9.17, 15) is 5.11 Å². The fraction of sp³-hybridized carbons (Fsp3) is 0.571. The number of hydrogen-bond acceptors (Lipinski definition) is 3. The molecule has 2 N–H and O–H groups in total. The minimum atomic E-state index is -0.467. The number of hydrogen-bond donors (Lipinski definition) is 2. The summed E-state index contributed by atoms with van der Waals surface area (Å²) in [6.07, 6.45) is 0.753. The minimum absolute atomic E-state index is 0.315. The largest absolute Gasteiger partial charge is 0.490 e. The highest BCUT2D eigenvalue weighted by Gasteiger charge is 2.32. The molecule has 3 nitrogen and oxygen atoms in total. The van der Waals surface area contributed by atoms with Crippen LogP contribution in [0, 0.1) is 12.8 Å². The van der Waals surface area contributed by atoms with Crippen molar-refractivity contribution in [2.45, 2.75) is 32.4 Å². The molecule has 0 heterocycles. The minimum Gasteiger partial charge on any atom is -0.490 e. The number of aryl methyl sites for hydroxylation is 1. The summed E-state index contributed by atoms with van der Waals surface area (Å²) in [7, 11) is 0. The van der Waals surface area contributed by atoms with E-state index in [0.717, 1.165) is 16.1 Å². The molecule has 1 fully saturated rings. The third-order valence-corrected chi connectivity index (χ3v) is 3.86. The molecule has 0 aliphatic heterocycles. The zero-order chi connectivity index (χ0) is 13.1. The fourth-order valence-electron chi connectivity index (χ4n) is 1.86. The smallest absolute Gasteiger partial charge is 0.133 e. The van der Waals surface area contributed by atoms with Crippen LogP contribution in [0.5, 0.6) is 5.75 Å². The number of rotatable bonds is 6. The van der Waals surface area contributed by atoms with Crippen LogP contribution in [-0.4, -0.2) is 30.4 Å². The predicted molar refractivity (Wildman–Crippen MR) is 76.0 cm³/mol. The second-order valence-corrected chi connectivity index (χ2v) is 5.98. The molecule has 1 aromatic rings. The lowest BCUT2D eigenvalue weighted by Crippen LogP contribution is -2.33. The number of nitrogens with one attached hydrogen (secondary N) is 1. The summed E-state index contributed by atoms with van der Waals surface area (Å²) >= 11 is 3.46. The van der Waals surface area contributed by atoms with Gasteiger partial charge in [0, 0.05) is 12.6 Å². The van der Waals surface area contributed by atoms with Gasteiger partial charge in [0.25, 0.3) is 0 Å². The van der Waals surface area contributed by atoms with Crippen LogP contribution in [0.25, 0.3) is 0 Å². The molecule has 0 bridgehead atoms. The zero-order valence-electron chi connectivity index (χ0n) is 10.8. The van der Waals surface area contributed by atoms with Crippen LogP contribution in [0.15, 0.2) is 22.7 Å². The van der Waals surface area contributed by atoms with Crippen molar-refractivity contribution in [1.82, 2.24) is 5.32 Å². The van der Waals surface area contributed by atoms with Crippen LogP contribution < -0.4 is 10.1 Å². The Morgan fingerprint density at radius 1 is 1.56 bits per heavy atom. The fourth-order valence-corrected chi connectivity index (χ4v) is 2.47. The zero-order valence-corrected chi connectivity index (χ0v) is 12.4. The second kappa shape index (κ2) is 6.04. The maximum Gasteiger partial charge on any atom is 0.133 e. The van der Waals surface area contributed by atoms with Crippen LogP contribution in [0.4, 0.5) is 0 Å². The summed E-state index contributed by atoms with van der Waals surface area (Å²) in [6, 6.07) is 6.51. The standard InChI is InChI=1S/C14H20BrNO2/c1-9-3-4-14(12(15)5-9)18-8-11(17)7-16-13-6-10(13)2/h3-5,10-11,13,16-17H,6-8H2,1-2H3. The molecule has 3 unspecified atom stereocenters. The summed E-state index contributed by atoms with van der Waals surface area (Å²) in [5.41, 5.74) is 1.18. The van der Waals surface area contributed by atoms with Gasteiger partial charge in [-0.2, -0.15) is 0 Å². The summed E-state index contributed by atoms with van der Waals surface area (Å²) < 4.78 is 6.53. The number of ether oxygens (including phenoxy) is 1. The van der Waals surface area contributed by atoms with E-state index in [1.54, 1.807) is 0 Å². The Bertz CT molecular complexity index is 411. The number of halogens is 1. The predicted octanol–water partition coefficient (Wildman–Crippen LogP) is 2.50. The second-order valence-electron chi connectivity index (χ2n) is 5.13. The van der Waals surface area contributed by atoms with Gasteiger partial charge in [0.05, 0.1) is 4.47 Å². The first kappa shape index (κ1) is 13.8. The molecule has 0 amide bonds.